The van der Waals surface area contributed by atoms with Crippen molar-refractivity contribution in [2.45, 2.75) is 6.92 Å². The van der Waals surface area contributed by atoms with Crippen molar-refractivity contribution >= 4 is 40.0 Å². The van der Waals surface area contributed by atoms with Gasteiger partial charge in [-0.3, -0.25) is 25.8 Å². The van der Waals surface area contributed by atoms with E-state index in [4.69, 9.17) is 11.6 Å². The Kier molecular flexibility index (Phi) is 4.98. The number of hydrogen-bond acceptors (Lipinski definition) is 7. The van der Waals surface area contributed by atoms with Crippen LogP contribution in [0.25, 0.3) is 16.7 Å². The fraction of sp³-hybridized carbons (Fsp3) is 0.0526. The van der Waals surface area contributed by atoms with Crippen LogP contribution in [0.2, 0.25) is 5.02 Å². The monoisotopic (exact) mass is 423 g/mol. The number of aryl methyl sites for hydroxylation is 1. The molecule has 30 heavy (non-hydrogen) atoms. The van der Waals surface area contributed by atoms with Crippen molar-refractivity contribution in [3.05, 3.63) is 81.3 Å². The maximum Gasteiger partial charge on any atom is 0.270 e. The molecule has 0 radical (unpaired) electrons. The molecular formula is C19H14ClN7O3. The predicted octanol–water partition coefficient (Wildman–Crippen LogP) is 3.44. The van der Waals surface area contributed by atoms with Crippen molar-refractivity contribution < 1.29 is 9.72 Å². The molecule has 0 unspecified atom stereocenters. The summed E-state index contributed by atoms with van der Waals surface area (Å²) in [5.74, 6) is -0.230. The number of benzene rings is 2. The molecule has 150 valence electrons. The molecule has 2 aromatic carbocycles. The highest BCUT2D eigenvalue weighted by Crippen LogP contribution is 2.24. The third-order valence-electron chi connectivity index (χ3n) is 4.38. The number of fused-ring (bicyclic) bond motifs is 1. The van der Waals surface area contributed by atoms with Gasteiger partial charge in [0.2, 0.25) is 0 Å². The Balaban J connectivity index is 1.59. The molecule has 2 aromatic heterocycles. The number of non-ortho nitro benzene ring substituents is 1. The summed E-state index contributed by atoms with van der Waals surface area (Å²) in [6.07, 6.45) is 2.89. The number of aromatic nitrogens is 4. The van der Waals surface area contributed by atoms with E-state index in [-0.39, 0.29) is 11.3 Å². The van der Waals surface area contributed by atoms with Gasteiger partial charge in [-0.25, -0.2) is 14.6 Å². The van der Waals surface area contributed by atoms with E-state index in [0.717, 1.165) is 11.3 Å². The van der Waals surface area contributed by atoms with E-state index in [1.54, 1.807) is 16.9 Å². The quantitative estimate of drug-likeness (QED) is 0.371. The van der Waals surface area contributed by atoms with Gasteiger partial charge in [0.05, 0.1) is 22.2 Å². The minimum absolute atomic E-state index is 0.131. The second kappa shape index (κ2) is 7.76. The second-order valence-electron chi connectivity index (χ2n) is 6.34. The van der Waals surface area contributed by atoms with Crippen LogP contribution in [0.15, 0.2) is 55.0 Å². The minimum Gasteiger partial charge on any atom is -0.281 e. The number of carbonyl (C=O) groups excluding carboxylic acids is 1. The molecule has 10 nitrogen and oxygen atoms in total. The van der Waals surface area contributed by atoms with Crippen LogP contribution in [0, 0.1) is 17.0 Å². The van der Waals surface area contributed by atoms with Crippen LogP contribution >= 0.6 is 11.6 Å². The number of anilines is 1. The molecule has 0 atom stereocenters. The molecule has 11 heteroatoms. The Bertz CT molecular complexity index is 1290. The van der Waals surface area contributed by atoms with Crippen molar-refractivity contribution in [2.75, 3.05) is 5.43 Å². The Hall–Kier alpha value is -4.05. The van der Waals surface area contributed by atoms with E-state index in [2.05, 4.69) is 25.9 Å². The number of nitro groups is 1. The van der Waals surface area contributed by atoms with Gasteiger partial charge in [-0.05, 0) is 30.7 Å². The lowest BCUT2D eigenvalue weighted by molar-refractivity contribution is -0.384. The highest BCUT2D eigenvalue weighted by Gasteiger charge is 2.14. The van der Waals surface area contributed by atoms with Gasteiger partial charge in [-0.2, -0.15) is 5.10 Å². The van der Waals surface area contributed by atoms with Crippen LogP contribution in [-0.2, 0) is 0 Å². The largest absolute Gasteiger partial charge is 0.281 e. The summed E-state index contributed by atoms with van der Waals surface area (Å²) in [7, 11) is 0. The first-order valence-corrected chi connectivity index (χ1v) is 9.08. The zero-order valence-electron chi connectivity index (χ0n) is 15.5. The summed E-state index contributed by atoms with van der Waals surface area (Å²) in [6, 6.07) is 10.9. The number of halogens is 1. The summed E-state index contributed by atoms with van der Waals surface area (Å²) < 4.78 is 1.61. The van der Waals surface area contributed by atoms with E-state index < -0.39 is 10.8 Å². The lowest BCUT2D eigenvalue weighted by Crippen LogP contribution is -2.29. The Labute approximate surface area is 174 Å². The van der Waals surface area contributed by atoms with Crippen molar-refractivity contribution in [1.82, 2.24) is 25.2 Å². The standard InChI is InChI=1S/C19H14ClN7O3/c1-11-5-6-13(8-16(11)20)26-18-15(9-23-26)17(21-10-22-18)24-25-19(28)12-3-2-4-14(7-12)27(29)30/h2-10H,1H3,(H,25,28)(H,21,22,24). The Morgan fingerprint density at radius 1 is 1.20 bits per heavy atom. The molecule has 0 saturated heterocycles. The highest BCUT2D eigenvalue weighted by atomic mass is 35.5. The SMILES string of the molecule is Cc1ccc(-n2ncc3c(NNC(=O)c4cccc([N+](=O)[O-])c4)ncnc32)cc1Cl. The zero-order chi connectivity index (χ0) is 21.3. The molecule has 0 spiro atoms. The second-order valence-corrected chi connectivity index (χ2v) is 6.74. The molecule has 0 fully saturated rings. The summed E-state index contributed by atoms with van der Waals surface area (Å²) in [4.78, 5) is 31.1. The van der Waals surface area contributed by atoms with Gasteiger partial charge in [0.25, 0.3) is 11.6 Å². The van der Waals surface area contributed by atoms with Crippen LogP contribution in [0.4, 0.5) is 11.5 Å². The smallest absolute Gasteiger partial charge is 0.270 e. The van der Waals surface area contributed by atoms with Crippen LogP contribution in [0.1, 0.15) is 15.9 Å². The van der Waals surface area contributed by atoms with Crippen molar-refractivity contribution in [1.29, 1.82) is 0 Å². The molecule has 1 amide bonds. The van der Waals surface area contributed by atoms with E-state index >= 15 is 0 Å². The van der Waals surface area contributed by atoms with Crippen molar-refractivity contribution in [3.63, 3.8) is 0 Å². The molecule has 0 aliphatic carbocycles. The van der Waals surface area contributed by atoms with Crippen LogP contribution in [0.3, 0.4) is 0 Å². The third-order valence-corrected chi connectivity index (χ3v) is 4.79. The number of nitrogens with zero attached hydrogens (tertiary/aromatic N) is 5. The molecule has 0 bridgehead atoms. The molecule has 4 aromatic rings. The number of hydrogen-bond donors (Lipinski definition) is 2. The maximum atomic E-state index is 12.3. The summed E-state index contributed by atoms with van der Waals surface area (Å²) in [6.45, 7) is 1.90. The first-order valence-electron chi connectivity index (χ1n) is 8.70. The Morgan fingerprint density at radius 2 is 2.03 bits per heavy atom. The van der Waals surface area contributed by atoms with E-state index in [1.165, 1.54) is 30.6 Å². The van der Waals surface area contributed by atoms with Crippen LogP contribution < -0.4 is 10.9 Å². The van der Waals surface area contributed by atoms with Gasteiger partial charge in [0.15, 0.2) is 11.5 Å². The first-order chi connectivity index (χ1) is 14.4. The van der Waals surface area contributed by atoms with Gasteiger partial charge in [0.1, 0.15) is 6.33 Å². The lowest BCUT2D eigenvalue weighted by Gasteiger charge is -2.09. The molecule has 0 aliphatic heterocycles. The highest BCUT2D eigenvalue weighted by molar-refractivity contribution is 6.31. The van der Waals surface area contributed by atoms with Crippen molar-refractivity contribution in [2.24, 2.45) is 0 Å². The maximum absolute atomic E-state index is 12.3. The molecule has 0 saturated carbocycles. The molecule has 4 rings (SSSR count). The lowest BCUT2D eigenvalue weighted by atomic mass is 10.2. The first kappa shape index (κ1) is 19.3. The van der Waals surface area contributed by atoms with Gasteiger partial charge in [0, 0.05) is 22.7 Å². The fourth-order valence-corrected chi connectivity index (χ4v) is 2.97. The normalized spacial score (nSPS) is 10.7. The molecular weight excluding hydrogens is 410 g/mol. The van der Waals surface area contributed by atoms with Gasteiger partial charge >= 0.3 is 0 Å². The number of carbonyl (C=O) groups is 1. The van der Waals surface area contributed by atoms with Crippen LogP contribution in [0.5, 0.6) is 0 Å². The molecule has 2 heterocycles. The molecule has 2 N–H and O–H groups in total. The average Bonchev–Trinajstić information content (AvgIpc) is 3.19. The summed E-state index contributed by atoms with van der Waals surface area (Å²) in [5, 5.41) is 16.4. The van der Waals surface area contributed by atoms with Gasteiger partial charge in [-0.1, -0.05) is 23.7 Å². The zero-order valence-corrected chi connectivity index (χ0v) is 16.3. The number of amides is 1. The topological polar surface area (TPSA) is 128 Å². The summed E-state index contributed by atoms with van der Waals surface area (Å²) in [5.41, 5.74) is 7.34. The van der Waals surface area contributed by atoms with Crippen LogP contribution in [-0.4, -0.2) is 30.6 Å². The van der Waals surface area contributed by atoms with E-state index in [1.807, 2.05) is 19.1 Å². The number of hydrazine groups is 1. The average molecular weight is 424 g/mol. The molecule has 0 aliphatic rings. The number of rotatable bonds is 5. The number of nitrogens with one attached hydrogen (secondary N) is 2. The Morgan fingerprint density at radius 3 is 2.80 bits per heavy atom. The van der Waals surface area contributed by atoms with Gasteiger partial charge < -0.3 is 0 Å². The summed E-state index contributed by atoms with van der Waals surface area (Å²) >= 11 is 6.21. The third kappa shape index (κ3) is 3.63. The minimum atomic E-state index is -0.566. The van der Waals surface area contributed by atoms with Crippen molar-refractivity contribution in [3.8, 4) is 5.69 Å². The fourth-order valence-electron chi connectivity index (χ4n) is 2.80. The number of nitro benzene ring substituents is 1. The van der Waals surface area contributed by atoms with E-state index in [9.17, 15) is 14.9 Å². The van der Waals surface area contributed by atoms with Gasteiger partial charge in [-0.15, -0.1) is 0 Å². The predicted molar refractivity (Wildman–Crippen MR) is 111 cm³/mol. The van der Waals surface area contributed by atoms with E-state index in [0.29, 0.717) is 21.9 Å².